The van der Waals surface area contributed by atoms with Crippen molar-refractivity contribution >= 4 is 66.1 Å². The predicted molar refractivity (Wildman–Crippen MR) is 147 cm³/mol. The molecule has 0 atom stereocenters. The largest absolute Gasteiger partial charge is 0.507 e. The molecule has 5 aromatic rings. The summed E-state index contributed by atoms with van der Waals surface area (Å²) in [5.74, 6) is -2.23. The zero-order valence-corrected chi connectivity index (χ0v) is 21.1. The van der Waals surface area contributed by atoms with E-state index in [1.165, 1.54) is 42.5 Å². The van der Waals surface area contributed by atoms with Gasteiger partial charge in [0.25, 0.3) is 10.1 Å². The maximum absolute atomic E-state index is 12.1. The highest BCUT2D eigenvalue weighted by Gasteiger charge is 2.22. The van der Waals surface area contributed by atoms with Crippen LogP contribution in [0, 0.1) is 0 Å². The zero-order chi connectivity index (χ0) is 28.6. The van der Waals surface area contributed by atoms with Crippen molar-refractivity contribution < 1.29 is 33.1 Å². The number of phenols is 2. The average molecular weight is 558 g/mol. The van der Waals surface area contributed by atoms with Crippen LogP contribution in [0.1, 0.15) is 10.4 Å². The lowest BCUT2D eigenvalue weighted by molar-refractivity contribution is 0.0693. The first kappa shape index (κ1) is 26.2. The fraction of sp³-hybridized carbons (Fsp3) is 0. The van der Waals surface area contributed by atoms with E-state index in [4.69, 9.17) is 5.73 Å². The van der Waals surface area contributed by atoms with Crippen LogP contribution in [0.4, 0.5) is 28.4 Å². The summed E-state index contributed by atoms with van der Waals surface area (Å²) in [5.41, 5.74) is 6.25. The predicted octanol–water partition coefficient (Wildman–Crippen LogP) is 6.76. The Labute approximate surface area is 226 Å². The standard InChI is InChI=1S/C27H19N5O7S/c28-15-6-5-14-11-24(40(37,38)39)25(26(34)19(14)12-15)32-31-22-9-8-21(17-3-1-2-4-18(17)22)30-29-16-7-10-23(33)20(13-16)27(35)36/h1-13,33-34H,28H2,(H,35,36)(H,37,38,39)/b30-29+,32-31+. The van der Waals surface area contributed by atoms with Gasteiger partial charge in [-0.05, 0) is 53.9 Å². The summed E-state index contributed by atoms with van der Waals surface area (Å²) in [6.45, 7) is 0. The molecule has 0 saturated carbocycles. The smallest absolute Gasteiger partial charge is 0.339 e. The second-order valence-corrected chi connectivity index (χ2v) is 9.97. The topological polar surface area (TPSA) is 208 Å². The molecule has 0 fully saturated rings. The van der Waals surface area contributed by atoms with Gasteiger partial charge in [-0.2, -0.15) is 13.5 Å². The van der Waals surface area contributed by atoms with Crippen LogP contribution in [-0.2, 0) is 10.1 Å². The number of aromatic carboxylic acids is 1. The van der Waals surface area contributed by atoms with Crippen molar-refractivity contribution in [2.75, 3.05) is 5.73 Å². The van der Waals surface area contributed by atoms with Gasteiger partial charge in [-0.15, -0.1) is 15.3 Å². The molecule has 13 heteroatoms. The molecule has 0 aliphatic rings. The number of anilines is 1. The third-order valence-corrected chi connectivity index (χ3v) is 6.84. The fourth-order valence-electron chi connectivity index (χ4n) is 4.07. The molecule has 0 aliphatic carbocycles. The Balaban J connectivity index is 1.59. The van der Waals surface area contributed by atoms with Crippen LogP contribution in [0.25, 0.3) is 21.5 Å². The van der Waals surface area contributed by atoms with Crippen LogP contribution in [0.5, 0.6) is 11.5 Å². The van der Waals surface area contributed by atoms with E-state index in [2.05, 4.69) is 20.5 Å². The number of fused-ring (bicyclic) bond motifs is 2. The highest BCUT2D eigenvalue weighted by Crippen LogP contribution is 2.43. The van der Waals surface area contributed by atoms with Gasteiger partial charge >= 0.3 is 5.97 Å². The third-order valence-electron chi connectivity index (χ3n) is 5.97. The molecule has 5 aromatic carbocycles. The Morgan fingerprint density at radius 1 is 0.750 bits per heavy atom. The Morgan fingerprint density at radius 2 is 1.40 bits per heavy atom. The minimum atomic E-state index is -4.78. The van der Waals surface area contributed by atoms with Gasteiger partial charge in [0.15, 0.2) is 5.75 Å². The molecule has 200 valence electrons. The van der Waals surface area contributed by atoms with Gasteiger partial charge < -0.3 is 21.1 Å². The first-order chi connectivity index (χ1) is 19.0. The van der Waals surface area contributed by atoms with E-state index >= 15 is 0 Å². The molecule has 12 nitrogen and oxygen atoms in total. The zero-order valence-electron chi connectivity index (χ0n) is 20.3. The number of aromatic hydroxyl groups is 2. The first-order valence-electron chi connectivity index (χ1n) is 11.5. The van der Waals surface area contributed by atoms with E-state index < -0.39 is 38.2 Å². The van der Waals surface area contributed by atoms with Crippen LogP contribution < -0.4 is 5.73 Å². The van der Waals surface area contributed by atoms with Crippen LogP contribution >= 0.6 is 0 Å². The molecule has 6 N–H and O–H groups in total. The second-order valence-electron chi connectivity index (χ2n) is 8.58. The van der Waals surface area contributed by atoms with Crippen LogP contribution in [-0.4, -0.2) is 34.3 Å². The molecule has 0 spiro atoms. The van der Waals surface area contributed by atoms with Gasteiger partial charge in [0, 0.05) is 21.8 Å². The summed E-state index contributed by atoms with van der Waals surface area (Å²) in [6, 6.07) is 19.5. The van der Waals surface area contributed by atoms with Gasteiger partial charge in [0.1, 0.15) is 21.9 Å². The summed E-state index contributed by atoms with van der Waals surface area (Å²) in [5, 5.41) is 47.9. The number of azo groups is 2. The monoisotopic (exact) mass is 557 g/mol. The molecule has 0 saturated heterocycles. The summed E-state index contributed by atoms with van der Waals surface area (Å²) >= 11 is 0. The minimum Gasteiger partial charge on any atom is -0.507 e. The highest BCUT2D eigenvalue weighted by molar-refractivity contribution is 7.86. The fourth-order valence-corrected chi connectivity index (χ4v) is 4.72. The minimum absolute atomic E-state index is 0.202. The van der Waals surface area contributed by atoms with E-state index in [9.17, 15) is 33.1 Å². The molecule has 0 heterocycles. The van der Waals surface area contributed by atoms with Gasteiger partial charge in [-0.3, -0.25) is 4.55 Å². The lowest BCUT2D eigenvalue weighted by atomic mass is 10.1. The van der Waals surface area contributed by atoms with E-state index in [0.29, 0.717) is 33.2 Å². The lowest BCUT2D eigenvalue weighted by Crippen LogP contribution is -1.99. The van der Waals surface area contributed by atoms with Crippen molar-refractivity contribution in [3.63, 3.8) is 0 Å². The maximum atomic E-state index is 12.1. The van der Waals surface area contributed by atoms with Crippen molar-refractivity contribution in [2.24, 2.45) is 20.5 Å². The molecule has 0 aromatic heterocycles. The molecule has 5 rings (SSSR count). The number of benzene rings is 5. The van der Waals surface area contributed by atoms with Gasteiger partial charge in [0.05, 0.1) is 17.1 Å². The quantitative estimate of drug-likeness (QED) is 0.0853. The summed E-state index contributed by atoms with van der Waals surface area (Å²) in [4.78, 5) is 10.7. The van der Waals surface area contributed by atoms with Crippen molar-refractivity contribution in [3.05, 3.63) is 84.4 Å². The number of phenolic OH excluding ortho intramolecular Hbond substituents is 1. The third kappa shape index (κ3) is 5.01. The molecule has 0 bridgehead atoms. The lowest BCUT2D eigenvalue weighted by Gasteiger charge is -2.09. The molecule has 0 aliphatic heterocycles. The maximum Gasteiger partial charge on any atom is 0.339 e. The number of nitrogens with two attached hydrogens (primary N) is 1. The average Bonchev–Trinajstić information content (AvgIpc) is 2.92. The molecule has 0 unspecified atom stereocenters. The first-order valence-corrected chi connectivity index (χ1v) is 12.9. The molecule has 0 amide bonds. The Morgan fingerprint density at radius 3 is 2.02 bits per heavy atom. The number of hydrogen-bond donors (Lipinski definition) is 5. The van der Waals surface area contributed by atoms with Crippen molar-refractivity contribution in [1.82, 2.24) is 0 Å². The molecule has 40 heavy (non-hydrogen) atoms. The number of hydrogen-bond acceptors (Lipinski definition) is 10. The molecular weight excluding hydrogens is 538 g/mol. The Bertz CT molecular complexity index is 2010. The van der Waals surface area contributed by atoms with Crippen molar-refractivity contribution in [3.8, 4) is 11.5 Å². The van der Waals surface area contributed by atoms with Crippen LogP contribution in [0.2, 0.25) is 0 Å². The summed E-state index contributed by atoms with van der Waals surface area (Å²) in [7, 11) is -4.78. The normalized spacial score (nSPS) is 12.1. The molecular formula is C27H19N5O7S. The number of nitrogen functional groups attached to an aromatic ring is 1. The molecule has 0 radical (unpaired) electrons. The summed E-state index contributed by atoms with van der Waals surface area (Å²) in [6.07, 6.45) is 0. The van der Waals surface area contributed by atoms with E-state index in [0.717, 1.165) is 0 Å². The van der Waals surface area contributed by atoms with E-state index in [-0.39, 0.29) is 16.6 Å². The number of carboxylic acid groups (broad SMARTS) is 1. The van der Waals surface area contributed by atoms with E-state index in [1.54, 1.807) is 36.4 Å². The van der Waals surface area contributed by atoms with Crippen LogP contribution in [0.15, 0.2) is 104 Å². The number of carbonyl (C=O) groups is 1. The van der Waals surface area contributed by atoms with Gasteiger partial charge in [0.2, 0.25) is 0 Å². The van der Waals surface area contributed by atoms with Crippen molar-refractivity contribution in [2.45, 2.75) is 4.90 Å². The van der Waals surface area contributed by atoms with Gasteiger partial charge in [-0.25, -0.2) is 4.79 Å². The number of nitrogens with zero attached hydrogens (tertiary/aromatic N) is 4. The Kier molecular flexibility index (Phi) is 6.59. The second kappa shape index (κ2) is 10.1. The SMILES string of the molecule is Nc1ccc2cc(S(=O)(=O)O)c(/N=N/c3ccc(/N=N/c4ccc(O)c(C(=O)O)c4)c4ccccc34)c(O)c2c1. The van der Waals surface area contributed by atoms with Gasteiger partial charge in [-0.1, -0.05) is 30.3 Å². The van der Waals surface area contributed by atoms with Crippen molar-refractivity contribution in [1.29, 1.82) is 0 Å². The summed E-state index contributed by atoms with van der Waals surface area (Å²) < 4.78 is 34.0. The Hall–Kier alpha value is -5.40. The highest BCUT2D eigenvalue weighted by atomic mass is 32.2. The number of rotatable bonds is 6. The number of carboxylic acids is 1. The van der Waals surface area contributed by atoms with E-state index in [1.807, 2.05) is 0 Å². The van der Waals surface area contributed by atoms with Crippen LogP contribution in [0.3, 0.4) is 0 Å².